The number of hydrogen-bond donors (Lipinski definition) is 1. The zero-order valence-electron chi connectivity index (χ0n) is 11.7. The van der Waals surface area contributed by atoms with Gasteiger partial charge in [0, 0.05) is 31.9 Å². The summed E-state index contributed by atoms with van der Waals surface area (Å²) in [7, 11) is 1.75. The van der Waals surface area contributed by atoms with Crippen molar-refractivity contribution in [3.63, 3.8) is 0 Å². The van der Waals surface area contributed by atoms with Crippen molar-refractivity contribution in [3.8, 4) is 0 Å². The van der Waals surface area contributed by atoms with Crippen molar-refractivity contribution in [1.29, 1.82) is 0 Å². The van der Waals surface area contributed by atoms with Crippen molar-refractivity contribution in [2.75, 3.05) is 10.6 Å². The average molecular weight is 282 g/mol. The van der Waals surface area contributed by atoms with E-state index in [1.54, 1.807) is 31.4 Å². The minimum absolute atomic E-state index is 0.156. The van der Waals surface area contributed by atoms with Crippen LogP contribution in [0.1, 0.15) is 6.92 Å². The summed E-state index contributed by atoms with van der Waals surface area (Å²) in [5.74, 6) is 0.321. The van der Waals surface area contributed by atoms with E-state index in [-0.39, 0.29) is 5.91 Å². The maximum absolute atomic E-state index is 12.0. The third kappa shape index (κ3) is 2.40. The summed E-state index contributed by atoms with van der Waals surface area (Å²) in [6.07, 6.45) is 1.57. The number of aromatic nitrogens is 4. The molecule has 0 saturated heterocycles. The van der Waals surface area contributed by atoms with Crippen LogP contribution >= 0.6 is 0 Å². The topological polar surface area (TPSA) is 89.9 Å². The number of nitrogens with two attached hydrogens (primary N) is 1. The Bertz CT molecular complexity index is 825. The molecular weight excluding hydrogens is 268 g/mol. The molecular formula is C14H14N6O. The van der Waals surface area contributed by atoms with Crippen LogP contribution < -0.4 is 10.6 Å². The van der Waals surface area contributed by atoms with Gasteiger partial charge in [-0.3, -0.25) is 9.69 Å². The summed E-state index contributed by atoms with van der Waals surface area (Å²) in [4.78, 5) is 19.2. The van der Waals surface area contributed by atoms with E-state index < -0.39 is 0 Å². The zero-order chi connectivity index (χ0) is 15.0. The molecule has 0 saturated carbocycles. The van der Waals surface area contributed by atoms with Gasteiger partial charge in [0.2, 0.25) is 5.91 Å². The first-order chi connectivity index (χ1) is 10.0. The van der Waals surface area contributed by atoms with E-state index in [0.29, 0.717) is 22.7 Å². The maximum atomic E-state index is 12.0. The van der Waals surface area contributed by atoms with Gasteiger partial charge in [0.05, 0.1) is 5.69 Å². The zero-order valence-corrected chi connectivity index (χ0v) is 11.7. The van der Waals surface area contributed by atoms with Crippen LogP contribution in [0.3, 0.4) is 0 Å². The number of hydrogen-bond acceptors (Lipinski definition) is 5. The summed E-state index contributed by atoms with van der Waals surface area (Å²) >= 11 is 0. The van der Waals surface area contributed by atoms with Crippen LogP contribution in [0.15, 0.2) is 36.5 Å². The van der Waals surface area contributed by atoms with E-state index in [2.05, 4.69) is 15.2 Å². The van der Waals surface area contributed by atoms with Gasteiger partial charge >= 0.3 is 0 Å². The highest BCUT2D eigenvalue weighted by atomic mass is 16.2. The molecule has 2 heterocycles. The smallest absolute Gasteiger partial charge is 0.229 e. The van der Waals surface area contributed by atoms with Gasteiger partial charge in [0.15, 0.2) is 0 Å². The van der Waals surface area contributed by atoms with Gasteiger partial charge < -0.3 is 5.73 Å². The molecule has 1 aromatic carbocycles. The number of anilines is 3. The molecule has 0 atom stereocenters. The SMILES string of the molecule is CC(=O)N(c1ccc2nn(C)nc2c1)c1cc(N)ccn1. The number of carbonyl (C=O) groups excluding carboxylic acids is 1. The van der Waals surface area contributed by atoms with Gasteiger partial charge in [0.1, 0.15) is 16.9 Å². The third-order valence-corrected chi connectivity index (χ3v) is 3.04. The van der Waals surface area contributed by atoms with Gasteiger partial charge in [-0.05, 0) is 24.3 Å². The number of nitrogens with zero attached hydrogens (tertiary/aromatic N) is 5. The van der Waals surface area contributed by atoms with Crippen LogP contribution in [0.4, 0.5) is 17.2 Å². The molecule has 2 N–H and O–H groups in total. The van der Waals surface area contributed by atoms with Crippen molar-refractivity contribution in [2.45, 2.75) is 6.92 Å². The molecule has 21 heavy (non-hydrogen) atoms. The van der Waals surface area contributed by atoms with Crippen LogP contribution in [0.2, 0.25) is 0 Å². The number of carbonyl (C=O) groups is 1. The van der Waals surface area contributed by atoms with Gasteiger partial charge in [-0.15, -0.1) is 0 Å². The quantitative estimate of drug-likeness (QED) is 0.771. The number of rotatable bonds is 2. The molecule has 1 amide bonds. The molecule has 7 nitrogen and oxygen atoms in total. The van der Waals surface area contributed by atoms with Crippen LogP contribution in [0, 0.1) is 0 Å². The molecule has 0 unspecified atom stereocenters. The molecule has 7 heteroatoms. The lowest BCUT2D eigenvalue weighted by molar-refractivity contribution is -0.115. The van der Waals surface area contributed by atoms with Gasteiger partial charge in [-0.1, -0.05) is 0 Å². The fourth-order valence-electron chi connectivity index (χ4n) is 2.18. The number of aryl methyl sites for hydroxylation is 1. The summed E-state index contributed by atoms with van der Waals surface area (Å²) in [5.41, 5.74) is 8.47. The maximum Gasteiger partial charge on any atom is 0.229 e. The Hall–Kier alpha value is -2.96. The largest absolute Gasteiger partial charge is 0.399 e. The third-order valence-electron chi connectivity index (χ3n) is 3.04. The molecule has 3 rings (SSSR count). The lowest BCUT2D eigenvalue weighted by Gasteiger charge is -2.20. The second kappa shape index (κ2) is 4.86. The van der Waals surface area contributed by atoms with E-state index in [9.17, 15) is 4.79 Å². The molecule has 0 radical (unpaired) electrons. The normalized spacial score (nSPS) is 10.8. The Balaban J connectivity index is 2.12. The minimum atomic E-state index is -0.156. The van der Waals surface area contributed by atoms with Crippen LogP contribution in [0.5, 0.6) is 0 Å². The summed E-state index contributed by atoms with van der Waals surface area (Å²) in [6, 6.07) is 8.76. The Labute approximate surface area is 121 Å². The van der Waals surface area contributed by atoms with Crippen molar-refractivity contribution < 1.29 is 4.79 Å². The van der Waals surface area contributed by atoms with Crippen molar-refractivity contribution >= 4 is 34.1 Å². The second-order valence-corrected chi connectivity index (χ2v) is 4.66. The van der Waals surface area contributed by atoms with E-state index in [0.717, 1.165) is 5.52 Å². The lowest BCUT2D eigenvalue weighted by Crippen LogP contribution is -2.23. The molecule has 2 aromatic heterocycles. The Morgan fingerprint density at radius 3 is 2.67 bits per heavy atom. The van der Waals surface area contributed by atoms with Gasteiger partial charge in [0.25, 0.3) is 0 Å². The molecule has 0 spiro atoms. The molecule has 3 aromatic rings. The highest BCUT2D eigenvalue weighted by Gasteiger charge is 2.16. The van der Waals surface area contributed by atoms with Crippen molar-refractivity contribution in [2.24, 2.45) is 7.05 Å². The average Bonchev–Trinajstić information content (AvgIpc) is 2.78. The van der Waals surface area contributed by atoms with Gasteiger partial charge in [-0.25, -0.2) is 4.98 Å². The lowest BCUT2D eigenvalue weighted by atomic mass is 10.2. The van der Waals surface area contributed by atoms with E-state index >= 15 is 0 Å². The van der Waals surface area contributed by atoms with E-state index in [1.165, 1.54) is 16.6 Å². The summed E-state index contributed by atoms with van der Waals surface area (Å²) < 4.78 is 0. The number of nitrogen functional groups attached to an aromatic ring is 1. The first-order valence-electron chi connectivity index (χ1n) is 6.38. The monoisotopic (exact) mass is 282 g/mol. The Morgan fingerprint density at radius 1 is 1.19 bits per heavy atom. The Morgan fingerprint density at radius 2 is 1.95 bits per heavy atom. The highest BCUT2D eigenvalue weighted by molar-refractivity contribution is 5.99. The number of pyridine rings is 1. The first kappa shape index (κ1) is 13.0. The molecule has 0 aliphatic rings. The van der Waals surface area contributed by atoms with E-state index in [4.69, 9.17) is 5.73 Å². The molecule has 0 aliphatic carbocycles. The molecule has 0 bridgehead atoms. The van der Waals surface area contributed by atoms with E-state index in [1.807, 2.05) is 12.1 Å². The Kier molecular flexibility index (Phi) is 3.02. The molecule has 0 aliphatic heterocycles. The number of benzene rings is 1. The first-order valence-corrected chi connectivity index (χ1v) is 6.38. The standard InChI is InChI=1S/C14H14N6O/c1-9(21)20(14-7-10(15)5-6-16-14)11-3-4-12-13(8-11)18-19(2)17-12/h3-8H,1-2H3,(H2,15,16). The predicted octanol–water partition coefficient (Wildman–Crippen LogP) is 1.63. The summed E-state index contributed by atoms with van der Waals surface area (Å²) in [6.45, 7) is 1.48. The number of amides is 1. The second-order valence-electron chi connectivity index (χ2n) is 4.66. The molecule has 0 fully saturated rings. The predicted molar refractivity (Wildman–Crippen MR) is 80.0 cm³/mol. The summed E-state index contributed by atoms with van der Waals surface area (Å²) in [5, 5.41) is 8.46. The number of fused-ring (bicyclic) bond motifs is 1. The molecule has 106 valence electrons. The fraction of sp³-hybridized carbons (Fsp3) is 0.143. The van der Waals surface area contributed by atoms with Crippen molar-refractivity contribution in [3.05, 3.63) is 36.5 Å². The van der Waals surface area contributed by atoms with Crippen LogP contribution in [0.25, 0.3) is 11.0 Å². The van der Waals surface area contributed by atoms with Crippen LogP contribution in [-0.2, 0) is 11.8 Å². The van der Waals surface area contributed by atoms with Gasteiger partial charge in [-0.2, -0.15) is 15.0 Å². The minimum Gasteiger partial charge on any atom is -0.399 e. The highest BCUT2D eigenvalue weighted by Crippen LogP contribution is 2.27. The van der Waals surface area contributed by atoms with Crippen LogP contribution in [-0.4, -0.2) is 25.9 Å². The fourth-order valence-corrected chi connectivity index (χ4v) is 2.18. The van der Waals surface area contributed by atoms with Crippen molar-refractivity contribution in [1.82, 2.24) is 20.0 Å².